The topological polar surface area (TPSA) is 15.8 Å². The molecule has 1 radical (unpaired) electrons. The van der Waals surface area contributed by atoms with Crippen molar-refractivity contribution in [2.75, 3.05) is 0 Å². The van der Waals surface area contributed by atoms with Gasteiger partial charge in [0.15, 0.2) is 0 Å². The number of aromatic nitrogens is 1. The molecule has 1 aromatic heterocycles. The highest BCUT2D eigenvalue weighted by Crippen LogP contribution is 2.10. The van der Waals surface area contributed by atoms with E-state index in [0.717, 1.165) is 12.8 Å². The summed E-state index contributed by atoms with van der Waals surface area (Å²) in [6.45, 7) is 6.10. The van der Waals surface area contributed by atoms with Crippen molar-refractivity contribution in [1.82, 2.24) is 4.98 Å². The van der Waals surface area contributed by atoms with Gasteiger partial charge in [0.1, 0.15) is 0 Å². The van der Waals surface area contributed by atoms with Gasteiger partial charge in [0.05, 0.1) is 0 Å². The fourth-order valence-electron chi connectivity index (χ4n) is 1.68. The van der Waals surface area contributed by atoms with Gasteiger partial charge in [0.2, 0.25) is 0 Å². The Labute approximate surface area is 87.9 Å². The highest BCUT2D eigenvalue weighted by molar-refractivity contribution is 5.16. The Morgan fingerprint density at radius 3 is 2.79 bits per heavy atom. The smallest absolute Gasteiger partial charge is 0.0149 e. The van der Waals surface area contributed by atoms with Crippen LogP contribution in [0.15, 0.2) is 12.3 Å². The Hall–Kier alpha value is -0.720. The number of hydrogen-bond donors (Lipinski definition) is 1. The lowest BCUT2D eigenvalue weighted by Crippen LogP contribution is -1.83. The molecule has 1 N–H and O–H groups in total. The first-order valence-corrected chi connectivity index (χ1v) is 5.82. The van der Waals surface area contributed by atoms with E-state index in [1.165, 1.54) is 43.4 Å². The fourth-order valence-corrected chi connectivity index (χ4v) is 1.68. The monoisotopic (exact) mass is 192 g/mol. The van der Waals surface area contributed by atoms with E-state index in [1.54, 1.807) is 0 Å². The van der Waals surface area contributed by atoms with Crippen LogP contribution in [0.2, 0.25) is 0 Å². The average molecular weight is 192 g/mol. The summed E-state index contributed by atoms with van der Waals surface area (Å²) in [4.78, 5) is 3.34. The molecule has 79 valence electrons. The van der Waals surface area contributed by atoms with Crippen LogP contribution in [-0.4, -0.2) is 4.98 Å². The van der Waals surface area contributed by atoms with Crippen LogP contribution in [0.3, 0.4) is 0 Å². The quantitative estimate of drug-likeness (QED) is 0.630. The first kappa shape index (κ1) is 11.4. The summed E-state index contributed by atoms with van der Waals surface area (Å²) in [6, 6.07) is 2.31. The molecule has 0 aromatic carbocycles. The Balaban J connectivity index is 2.27. The molecular weight excluding hydrogens is 170 g/mol. The van der Waals surface area contributed by atoms with Crippen molar-refractivity contribution in [3.8, 4) is 0 Å². The van der Waals surface area contributed by atoms with Gasteiger partial charge in [-0.25, -0.2) is 0 Å². The standard InChI is InChI=1S/C13H22N/c1-3-5-7-8-12-10-13(14-11-12)9-6-4-2/h10-11,14H,2-9H2,1H3. The molecule has 0 fully saturated rings. The molecule has 14 heavy (non-hydrogen) atoms. The van der Waals surface area contributed by atoms with E-state index in [-0.39, 0.29) is 0 Å². The average Bonchev–Trinajstić information content (AvgIpc) is 2.63. The zero-order chi connectivity index (χ0) is 10.2. The molecule has 0 aliphatic heterocycles. The molecule has 0 atom stereocenters. The van der Waals surface area contributed by atoms with Crippen molar-refractivity contribution in [3.05, 3.63) is 30.4 Å². The van der Waals surface area contributed by atoms with Gasteiger partial charge in [0.25, 0.3) is 0 Å². The number of aromatic amines is 1. The molecular formula is C13H22N. The van der Waals surface area contributed by atoms with Gasteiger partial charge in [0, 0.05) is 11.9 Å². The predicted octanol–water partition coefficient (Wildman–Crippen LogP) is 3.90. The highest BCUT2D eigenvalue weighted by Gasteiger charge is 1.98. The van der Waals surface area contributed by atoms with Gasteiger partial charge in [-0.2, -0.15) is 0 Å². The largest absolute Gasteiger partial charge is 0.365 e. The normalized spacial score (nSPS) is 10.7. The van der Waals surface area contributed by atoms with Crippen LogP contribution >= 0.6 is 0 Å². The molecule has 0 aliphatic rings. The third-order valence-electron chi connectivity index (χ3n) is 2.57. The zero-order valence-electron chi connectivity index (χ0n) is 9.31. The maximum Gasteiger partial charge on any atom is 0.0149 e. The Morgan fingerprint density at radius 1 is 1.21 bits per heavy atom. The van der Waals surface area contributed by atoms with Gasteiger partial charge in [-0.1, -0.05) is 33.1 Å². The second-order valence-electron chi connectivity index (χ2n) is 3.95. The first-order valence-electron chi connectivity index (χ1n) is 5.82. The van der Waals surface area contributed by atoms with Gasteiger partial charge in [-0.05, 0) is 37.3 Å². The summed E-state index contributed by atoms with van der Waals surface area (Å²) in [6.07, 6.45) is 10.7. The molecule has 0 saturated carbocycles. The van der Waals surface area contributed by atoms with E-state index in [2.05, 4.69) is 31.1 Å². The molecule has 0 unspecified atom stereocenters. The van der Waals surface area contributed by atoms with E-state index in [0.29, 0.717) is 0 Å². The number of unbranched alkanes of at least 4 members (excludes halogenated alkanes) is 3. The second kappa shape index (κ2) is 6.69. The molecule has 0 spiro atoms. The minimum absolute atomic E-state index is 1.03. The molecule has 1 rings (SSSR count). The number of rotatable bonds is 7. The third-order valence-corrected chi connectivity index (χ3v) is 2.57. The van der Waals surface area contributed by atoms with Crippen LogP contribution in [0.25, 0.3) is 0 Å². The number of aryl methyl sites for hydroxylation is 2. The summed E-state index contributed by atoms with van der Waals surface area (Å²) in [5.74, 6) is 0. The molecule has 0 aliphatic carbocycles. The van der Waals surface area contributed by atoms with Gasteiger partial charge >= 0.3 is 0 Å². The maximum atomic E-state index is 3.85. The van der Waals surface area contributed by atoms with Gasteiger partial charge in [-0.15, -0.1) is 0 Å². The summed E-state index contributed by atoms with van der Waals surface area (Å²) in [7, 11) is 0. The van der Waals surface area contributed by atoms with Crippen LogP contribution in [0.4, 0.5) is 0 Å². The molecule has 1 heterocycles. The van der Waals surface area contributed by atoms with E-state index < -0.39 is 0 Å². The Bertz CT molecular complexity index is 237. The summed E-state index contributed by atoms with van der Waals surface area (Å²) in [5.41, 5.74) is 2.85. The summed E-state index contributed by atoms with van der Waals surface area (Å²) in [5, 5.41) is 0. The Morgan fingerprint density at radius 2 is 2.07 bits per heavy atom. The predicted molar refractivity (Wildman–Crippen MR) is 62.3 cm³/mol. The van der Waals surface area contributed by atoms with Gasteiger partial charge in [-0.3, -0.25) is 0 Å². The second-order valence-corrected chi connectivity index (χ2v) is 3.95. The van der Waals surface area contributed by atoms with Crippen LogP contribution < -0.4 is 0 Å². The van der Waals surface area contributed by atoms with Crippen molar-refractivity contribution < 1.29 is 0 Å². The molecule has 1 aromatic rings. The molecule has 0 bridgehead atoms. The number of H-pyrrole nitrogens is 1. The van der Waals surface area contributed by atoms with Crippen molar-refractivity contribution in [2.24, 2.45) is 0 Å². The minimum atomic E-state index is 1.03. The van der Waals surface area contributed by atoms with Crippen molar-refractivity contribution in [1.29, 1.82) is 0 Å². The summed E-state index contributed by atoms with van der Waals surface area (Å²) < 4.78 is 0. The first-order chi connectivity index (χ1) is 6.86. The van der Waals surface area contributed by atoms with Crippen molar-refractivity contribution >= 4 is 0 Å². The van der Waals surface area contributed by atoms with Crippen LogP contribution in [0, 0.1) is 6.92 Å². The van der Waals surface area contributed by atoms with E-state index in [9.17, 15) is 0 Å². The fraction of sp³-hybridized carbons (Fsp3) is 0.615. The van der Waals surface area contributed by atoms with E-state index in [4.69, 9.17) is 0 Å². The van der Waals surface area contributed by atoms with E-state index in [1.807, 2.05) is 0 Å². The maximum absolute atomic E-state index is 3.85. The van der Waals surface area contributed by atoms with E-state index >= 15 is 0 Å². The third kappa shape index (κ3) is 3.99. The lowest BCUT2D eigenvalue weighted by atomic mass is 10.1. The number of nitrogens with one attached hydrogen (secondary N) is 1. The van der Waals surface area contributed by atoms with Crippen LogP contribution in [0.1, 0.15) is 50.3 Å². The minimum Gasteiger partial charge on any atom is -0.365 e. The molecule has 0 amide bonds. The SMILES string of the molecule is [CH2]CCCc1cc(CCCCC)c[nH]1. The molecule has 1 heteroatoms. The van der Waals surface area contributed by atoms with Crippen molar-refractivity contribution in [3.63, 3.8) is 0 Å². The number of hydrogen-bond acceptors (Lipinski definition) is 0. The van der Waals surface area contributed by atoms with Crippen LogP contribution in [-0.2, 0) is 12.8 Å². The lowest BCUT2D eigenvalue weighted by molar-refractivity contribution is 0.718. The summed E-state index contributed by atoms with van der Waals surface area (Å²) >= 11 is 0. The van der Waals surface area contributed by atoms with Gasteiger partial charge < -0.3 is 4.98 Å². The molecule has 1 nitrogen and oxygen atoms in total. The lowest BCUT2D eigenvalue weighted by Gasteiger charge is -1.95. The molecule has 0 saturated heterocycles. The Kier molecular flexibility index (Phi) is 5.43. The highest BCUT2D eigenvalue weighted by atomic mass is 14.7. The van der Waals surface area contributed by atoms with Crippen LogP contribution in [0.5, 0.6) is 0 Å². The van der Waals surface area contributed by atoms with Crippen molar-refractivity contribution in [2.45, 2.75) is 51.9 Å². The zero-order valence-corrected chi connectivity index (χ0v) is 9.31.